The first-order chi connectivity index (χ1) is 17.5. The van der Waals surface area contributed by atoms with Gasteiger partial charge in [0.2, 0.25) is 5.88 Å². The lowest BCUT2D eigenvalue weighted by Crippen LogP contribution is -2.46. The van der Waals surface area contributed by atoms with Gasteiger partial charge in [0.15, 0.2) is 5.65 Å². The minimum absolute atomic E-state index is 0.00193. The van der Waals surface area contributed by atoms with Crippen LogP contribution in [0, 0.1) is 13.8 Å². The van der Waals surface area contributed by atoms with E-state index in [1.165, 1.54) is 11.1 Å². The van der Waals surface area contributed by atoms with E-state index in [0.29, 0.717) is 17.9 Å². The van der Waals surface area contributed by atoms with Crippen LogP contribution in [0.4, 0.5) is 0 Å². The van der Waals surface area contributed by atoms with Gasteiger partial charge in [-0.2, -0.15) is 4.98 Å². The second kappa shape index (κ2) is 10.4. The molecule has 0 radical (unpaired) electrons. The van der Waals surface area contributed by atoms with Crippen molar-refractivity contribution < 1.29 is 4.74 Å². The van der Waals surface area contributed by atoms with Crippen LogP contribution in [0.1, 0.15) is 36.0 Å². The summed E-state index contributed by atoms with van der Waals surface area (Å²) >= 11 is 0. The van der Waals surface area contributed by atoms with E-state index < -0.39 is 0 Å². The van der Waals surface area contributed by atoms with Crippen LogP contribution >= 0.6 is 0 Å². The number of benzene rings is 1. The molecule has 190 valence electrons. The lowest BCUT2D eigenvalue weighted by Gasteiger charge is -2.34. The predicted molar refractivity (Wildman–Crippen MR) is 143 cm³/mol. The standard InChI is InChI=1S/C28H36N6O2/c1-5-24-29-21(3)26-28(35)33(23-11-12-25(36-4)30-27(23)34(24)26)14-6-13-31-15-17-32(18-16-31)19-22-9-7-20(2)8-10-22/h7-12H,5-6,13-19H2,1-4H3. The molecule has 4 heterocycles. The summed E-state index contributed by atoms with van der Waals surface area (Å²) < 4.78 is 9.18. The molecule has 1 aromatic carbocycles. The topological polar surface area (TPSA) is 67.9 Å². The monoisotopic (exact) mass is 488 g/mol. The molecule has 5 rings (SSSR count). The van der Waals surface area contributed by atoms with Crippen LogP contribution in [0.3, 0.4) is 0 Å². The Bertz CT molecular complexity index is 1410. The minimum Gasteiger partial charge on any atom is -0.481 e. The number of imidazole rings is 1. The van der Waals surface area contributed by atoms with E-state index in [0.717, 1.165) is 74.8 Å². The molecule has 1 aliphatic heterocycles. The maximum atomic E-state index is 13.6. The van der Waals surface area contributed by atoms with Gasteiger partial charge in [-0.25, -0.2) is 4.98 Å². The van der Waals surface area contributed by atoms with Crippen molar-refractivity contribution >= 4 is 16.7 Å². The highest BCUT2D eigenvalue weighted by atomic mass is 16.5. The van der Waals surface area contributed by atoms with Crippen LogP contribution in [-0.4, -0.2) is 68.6 Å². The van der Waals surface area contributed by atoms with Crippen molar-refractivity contribution in [3.8, 4) is 5.88 Å². The Labute approximate surface area is 212 Å². The number of pyridine rings is 1. The number of hydrogen-bond acceptors (Lipinski definition) is 6. The number of piperazine rings is 1. The quantitative estimate of drug-likeness (QED) is 0.379. The maximum absolute atomic E-state index is 13.6. The molecule has 1 aliphatic rings. The van der Waals surface area contributed by atoms with Gasteiger partial charge in [-0.15, -0.1) is 0 Å². The zero-order valence-corrected chi connectivity index (χ0v) is 21.8. The maximum Gasteiger partial charge on any atom is 0.277 e. The Morgan fingerprint density at radius 3 is 2.33 bits per heavy atom. The number of aromatic nitrogens is 4. The number of methoxy groups -OCH3 is 1. The number of ether oxygens (including phenoxy) is 1. The number of nitrogens with zero attached hydrogens (tertiary/aromatic N) is 6. The van der Waals surface area contributed by atoms with Crippen LogP contribution in [-0.2, 0) is 19.5 Å². The lowest BCUT2D eigenvalue weighted by atomic mass is 10.1. The smallest absolute Gasteiger partial charge is 0.277 e. The van der Waals surface area contributed by atoms with Gasteiger partial charge in [0, 0.05) is 51.8 Å². The number of hydrogen-bond donors (Lipinski definition) is 0. The van der Waals surface area contributed by atoms with Gasteiger partial charge in [-0.1, -0.05) is 36.8 Å². The zero-order valence-electron chi connectivity index (χ0n) is 21.8. The Kier molecular flexibility index (Phi) is 7.07. The molecule has 0 bridgehead atoms. The summed E-state index contributed by atoms with van der Waals surface area (Å²) in [6.07, 6.45) is 1.63. The summed E-state index contributed by atoms with van der Waals surface area (Å²) in [6.45, 7) is 13.0. The zero-order chi connectivity index (χ0) is 25.2. The Balaban J connectivity index is 1.29. The second-order valence-electron chi connectivity index (χ2n) is 9.76. The second-order valence-corrected chi connectivity index (χ2v) is 9.76. The lowest BCUT2D eigenvalue weighted by molar-refractivity contribution is 0.125. The fourth-order valence-electron chi connectivity index (χ4n) is 5.25. The number of fused-ring (bicyclic) bond motifs is 3. The van der Waals surface area contributed by atoms with Gasteiger partial charge in [0.05, 0.1) is 18.3 Å². The van der Waals surface area contributed by atoms with Crippen molar-refractivity contribution in [2.45, 2.75) is 46.7 Å². The van der Waals surface area contributed by atoms with Crippen LogP contribution in [0.2, 0.25) is 0 Å². The highest BCUT2D eigenvalue weighted by Crippen LogP contribution is 2.21. The normalized spacial score (nSPS) is 15.2. The first-order valence-corrected chi connectivity index (χ1v) is 12.9. The van der Waals surface area contributed by atoms with Crippen molar-refractivity contribution in [1.29, 1.82) is 0 Å². The molecule has 0 aliphatic carbocycles. The Morgan fingerprint density at radius 2 is 1.64 bits per heavy atom. The van der Waals surface area contributed by atoms with Crippen LogP contribution < -0.4 is 10.3 Å². The fraction of sp³-hybridized carbons (Fsp3) is 0.464. The predicted octanol–water partition coefficient (Wildman–Crippen LogP) is 3.44. The molecule has 0 spiro atoms. The minimum atomic E-state index is 0.00193. The van der Waals surface area contributed by atoms with Gasteiger partial charge in [0.25, 0.3) is 5.56 Å². The van der Waals surface area contributed by atoms with E-state index in [2.05, 4.69) is 46.0 Å². The van der Waals surface area contributed by atoms with Crippen LogP contribution in [0.5, 0.6) is 5.88 Å². The molecule has 0 unspecified atom stereocenters. The van der Waals surface area contributed by atoms with Crippen molar-refractivity contribution in [2.75, 3.05) is 39.8 Å². The third-order valence-corrected chi connectivity index (χ3v) is 7.27. The summed E-state index contributed by atoms with van der Waals surface area (Å²) in [6, 6.07) is 12.6. The van der Waals surface area contributed by atoms with Crippen molar-refractivity contribution in [1.82, 2.24) is 28.7 Å². The highest BCUT2D eigenvalue weighted by molar-refractivity contribution is 5.77. The molecule has 0 N–H and O–H groups in total. The number of rotatable bonds is 8. The first-order valence-electron chi connectivity index (χ1n) is 12.9. The Hall–Kier alpha value is -3.23. The highest BCUT2D eigenvalue weighted by Gasteiger charge is 2.20. The van der Waals surface area contributed by atoms with Crippen molar-refractivity contribution in [3.05, 3.63) is 69.4 Å². The van der Waals surface area contributed by atoms with E-state index in [1.807, 2.05) is 34.9 Å². The molecule has 8 heteroatoms. The van der Waals surface area contributed by atoms with E-state index in [9.17, 15) is 4.79 Å². The molecule has 8 nitrogen and oxygen atoms in total. The van der Waals surface area contributed by atoms with Gasteiger partial charge in [-0.3, -0.25) is 14.1 Å². The van der Waals surface area contributed by atoms with Crippen LogP contribution in [0.15, 0.2) is 41.2 Å². The molecular weight excluding hydrogens is 452 g/mol. The molecule has 0 atom stereocenters. The number of aryl methyl sites for hydroxylation is 4. The molecule has 1 fully saturated rings. The van der Waals surface area contributed by atoms with Crippen molar-refractivity contribution in [2.24, 2.45) is 0 Å². The summed E-state index contributed by atoms with van der Waals surface area (Å²) in [5.41, 5.74) is 5.60. The SMILES string of the molecule is CCc1nc(C)c2c(=O)n(CCCN3CCN(Cc4ccc(C)cc4)CC3)c3ccc(OC)nc3n12. The van der Waals surface area contributed by atoms with E-state index in [-0.39, 0.29) is 5.56 Å². The Morgan fingerprint density at radius 1 is 0.917 bits per heavy atom. The average molecular weight is 489 g/mol. The van der Waals surface area contributed by atoms with E-state index in [1.54, 1.807) is 7.11 Å². The van der Waals surface area contributed by atoms with Gasteiger partial charge < -0.3 is 14.2 Å². The molecule has 0 amide bonds. The summed E-state index contributed by atoms with van der Waals surface area (Å²) in [7, 11) is 1.61. The van der Waals surface area contributed by atoms with E-state index in [4.69, 9.17) is 9.72 Å². The van der Waals surface area contributed by atoms with Gasteiger partial charge in [-0.05, 0) is 38.4 Å². The van der Waals surface area contributed by atoms with Crippen LogP contribution in [0.25, 0.3) is 16.7 Å². The average Bonchev–Trinajstić information content (AvgIpc) is 3.24. The molecule has 36 heavy (non-hydrogen) atoms. The first kappa shape index (κ1) is 24.5. The largest absolute Gasteiger partial charge is 0.481 e. The third kappa shape index (κ3) is 4.75. The molecule has 3 aromatic heterocycles. The summed E-state index contributed by atoms with van der Waals surface area (Å²) in [5, 5.41) is 0. The van der Waals surface area contributed by atoms with Crippen molar-refractivity contribution in [3.63, 3.8) is 0 Å². The summed E-state index contributed by atoms with van der Waals surface area (Å²) in [5.74, 6) is 1.38. The third-order valence-electron chi connectivity index (χ3n) is 7.27. The fourth-order valence-corrected chi connectivity index (χ4v) is 5.25. The molecule has 4 aromatic rings. The molecular formula is C28H36N6O2. The van der Waals surface area contributed by atoms with Gasteiger partial charge >= 0.3 is 0 Å². The molecule has 1 saturated heterocycles. The summed E-state index contributed by atoms with van der Waals surface area (Å²) in [4.78, 5) is 28.0. The van der Waals surface area contributed by atoms with E-state index >= 15 is 0 Å². The molecule has 0 saturated carbocycles. The van der Waals surface area contributed by atoms with Gasteiger partial charge in [0.1, 0.15) is 11.3 Å².